The van der Waals surface area contributed by atoms with Crippen LogP contribution in [0.15, 0.2) is 30.3 Å². The zero-order chi connectivity index (χ0) is 16.1. The van der Waals surface area contributed by atoms with Gasteiger partial charge in [0.15, 0.2) is 0 Å². The molecular weight excluding hydrogens is 298 g/mol. The van der Waals surface area contributed by atoms with E-state index in [1.165, 1.54) is 44.9 Å². The van der Waals surface area contributed by atoms with Crippen LogP contribution < -0.4 is 5.32 Å². The van der Waals surface area contributed by atoms with Crippen molar-refractivity contribution >= 4 is 6.09 Å². The van der Waals surface area contributed by atoms with E-state index in [1.807, 2.05) is 30.3 Å². The van der Waals surface area contributed by atoms with Gasteiger partial charge in [-0.25, -0.2) is 4.79 Å². The lowest BCUT2D eigenvalue weighted by Crippen LogP contribution is -2.53. The molecule has 4 aliphatic carbocycles. The average Bonchev–Trinajstić information content (AvgIpc) is 3.37. The molecule has 0 radical (unpaired) electrons. The van der Waals surface area contributed by atoms with Crippen LogP contribution in [0.4, 0.5) is 4.79 Å². The van der Waals surface area contributed by atoms with Crippen LogP contribution in [0.1, 0.15) is 50.5 Å². The Balaban J connectivity index is 1.28. The Morgan fingerprint density at radius 3 is 2.62 bits per heavy atom. The highest BCUT2D eigenvalue weighted by Crippen LogP contribution is 2.69. The van der Waals surface area contributed by atoms with Crippen molar-refractivity contribution in [2.45, 2.75) is 57.6 Å². The summed E-state index contributed by atoms with van der Waals surface area (Å²) in [6.45, 7) is 0.368. The molecule has 4 bridgehead atoms. The molecule has 1 aromatic carbocycles. The topological polar surface area (TPSA) is 38.3 Å². The Morgan fingerprint density at radius 2 is 1.88 bits per heavy atom. The lowest BCUT2D eigenvalue weighted by atomic mass is 9.61. The number of hydrogen-bond donors (Lipinski definition) is 1. The fourth-order valence-corrected chi connectivity index (χ4v) is 6.94. The molecule has 6 unspecified atom stereocenters. The first-order valence-electron chi connectivity index (χ1n) is 9.73. The first kappa shape index (κ1) is 14.8. The van der Waals surface area contributed by atoms with E-state index in [0.717, 1.165) is 23.3 Å². The van der Waals surface area contributed by atoms with E-state index in [-0.39, 0.29) is 6.09 Å². The second-order valence-corrected chi connectivity index (χ2v) is 8.65. The summed E-state index contributed by atoms with van der Waals surface area (Å²) in [6, 6.07) is 10.3. The molecule has 1 amide bonds. The number of nitrogens with one attached hydrogen (secondary N) is 1. The van der Waals surface area contributed by atoms with E-state index in [4.69, 9.17) is 4.74 Å². The first-order chi connectivity index (χ1) is 11.8. The maximum absolute atomic E-state index is 12.5. The van der Waals surface area contributed by atoms with Crippen molar-refractivity contribution in [3.05, 3.63) is 35.9 Å². The van der Waals surface area contributed by atoms with Crippen LogP contribution in [0.2, 0.25) is 0 Å². The predicted octanol–water partition coefficient (Wildman–Crippen LogP) is 4.52. The van der Waals surface area contributed by atoms with Crippen LogP contribution >= 0.6 is 0 Å². The number of carbonyl (C=O) groups is 1. The quantitative estimate of drug-likeness (QED) is 0.887. The van der Waals surface area contributed by atoms with Gasteiger partial charge in [0.2, 0.25) is 0 Å². The Labute approximate surface area is 144 Å². The number of hydrogen-bond acceptors (Lipinski definition) is 2. The first-order valence-corrected chi connectivity index (χ1v) is 9.73. The van der Waals surface area contributed by atoms with Gasteiger partial charge < -0.3 is 10.1 Å². The SMILES string of the molecule is O=C(NC1C2CCC(C2)C12CC1CCC2C1)OCc1ccccc1. The summed E-state index contributed by atoms with van der Waals surface area (Å²) in [5.41, 5.74) is 1.47. The number of carbonyl (C=O) groups excluding carboxylic acids is 1. The summed E-state index contributed by atoms with van der Waals surface area (Å²) < 4.78 is 5.53. The molecule has 3 heteroatoms. The van der Waals surface area contributed by atoms with Crippen LogP contribution in [0.25, 0.3) is 0 Å². The zero-order valence-corrected chi connectivity index (χ0v) is 14.2. The molecule has 0 heterocycles. The molecule has 1 N–H and O–H groups in total. The molecule has 24 heavy (non-hydrogen) atoms. The van der Waals surface area contributed by atoms with E-state index in [1.54, 1.807) is 0 Å². The van der Waals surface area contributed by atoms with Crippen molar-refractivity contribution in [3.63, 3.8) is 0 Å². The number of fused-ring (bicyclic) bond motifs is 6. The van der Waals surface area contributed by atoms with Gasteiger partial charge in [-0.1, -0.05) is 36.8 Å². The van der Waals surface area contributed by atoms with Gasteiger partial charge in [-0.3, -0.25) is 0 Å². The fraction of sp³-hybridized carbons (Fsp3) is 0.667. The third-order valence-electron chi connectivity index (χ3n) is 7.71. The molecule has 0 aromatic heterocycles. The van der Waals surface area contributed by atoms with Gasteiger partial charge in [0.05, 0.1) is 0 Å². The van der Waals surface area contributed by atoms with E-state index in [0.29, 0.717) is 24.0 Å². The normalized spacial score (nSPS) is 41.9. The molecule has 5 rings (SSSR count). The van der Waals surface area contributed by atoms with Crippen LogP contribution in [0.3, 0.4) is 0 Å². The summed E-state index contributed by atoms with van der Waals surface area (Å²) in [5.74, 6) is 3.34. The Morgan fingerprint density at radius 1 is 1.08 bits per heavy atom. The molecule has 4 aliphatic rings. The van der Waals surface area contributed by atoms with Crippen molar-refractivity contribution < 1.29 is 9.53 Å². The monoisotopic (exact) mass is 325 g/mol. The Kier molecular flexibility index (Phi) is 3.39. The third kappa shape index (κ3) is 2.13. The van der Waals surface area contributed by atoms with Crippen LogP contribution in [-0.4, -0.2) is 12.1 Å². The van der Waals surface area contributed by atoms with E-state index in [2.05, 4.69) is 5.32 Å². The van der Waals surface area contributed by atoms with Gasteiger partial charge in [0.25, 0.3) is 0 Å². The van der Waals surface area contributed by atoms with Gasteiger partial charge >= 0.3 is 6.09 Å². The third-order valence-corrected chi connectivity index (χ3v) is 7.71. The minimum Gasteiger partial charge on any atom is -0.445 e. The molecule has 4 saturated carbocycles. The molecule has 1 spiro atoms. The van der Waals surface area contributed by atoms with E-state index < -0.39 is 0 Å². The van der Waals surface area contributed by atoms with Crippen LogP contribution in [0, 0.1) is 29.1 Å². The molecule has 3 nitrogen and oxygen atoms in total. The zero-order valence-electron chi connectivity index (χ0n) is 14.2. The van der Waals surface area contributed by atoms with Gasteiger partial charge in [-0.2, -0.15) is 0 Å². The van der Waals surface area contributed by atoms with Crippen LogP contribution in [0.5, 0.6) is 0 Å². The number of ether oxygens (including phenoxy) is 1. The molecule has 128 valence electrons. The number of alkyl carbamates (subject to hydrolysis) is 1. The summed E-state index contributed by atoms with van der Waals surface area (Å²) in [4.78, 5) is 12.5. The van der Waals surface area contributed by atoms with E-state index >= 15 is 0 Å². The molecule has 1 aromatic rings. The average molecular weight is 325 g/mol. The summed E-state index contributed by atoms with van der Waals surface area (Å²) in [5, 5.41) is 3.34. The predicted molar refractivity (Wildman–Crippen MR) is 92.3 cm³/mol. The molecule has 6 atom stereocenters. The second kappa shape index (κ2) is 5.50. The van der Waals surface area contributed by atoms with Gasteiger partial charge in [-0.15, -0.1) is 0 Å². The molecule has 4 fully saturated rings. The van der Waals surface area contributed by atoms with Crippen molar-refractivity contribution in [2.24, 2.45) is 29.1 Å². The van der Waals surface area contributed by atoms with Crippen LogP contribution in [-0.2, 0) is 11.3 Å². The molecular formula is C21H27NO2. The highest BCUT2D eigenvalue weighted by atomic mass is 16.5. The largest absolute Gasteiger partial charge is 0.445 e. The minimum absolute atomic E-state index is 0.210. The maximum atomic E-state index is 12.5. The molecule has 0 aliphatic heterocycles. The summed E-state index contributed by atoms with van der Waals surface area (Å²) in [6.07, 6.45) is 9.42. The van der Waals surface area contributed by atoms with Gasteiger partial charge in [0.1, 0.15) is 6.61 Å². The Hall–Kier alpha value is -1.51. The lowest BCUT2D eigenvalue weighted by Gasteiger charge is -2.47. The van der Waals surface area contributed by atoms with Gasteiger partial charge in [-0.05, 0) is 73.2 Å². The van der Waals surface area contributed by atoms with E-state index in [9.17, 15) is 4.79 Å². The standard InChI is InChI=1S/C21H27NO2/c23-20(24-13-14-4-2-1-3-5-14)22-19-16-7-9-18(11-16)21(19)12-15-6-8-17(21)10-15/h1-5,15-19H,6-13H2,(H,22,23). The highest BCUT2D eigenvalue weighted by molar-refractivity contribution is 5.68. The van der Waals surface area contributed by atoms with Crippen molar-refractivity contribution in [2.75, 3.05) is 0 Å². The van der Waals surface area contributed by atoms with Crippen molar-refractivity contribution in [1.29, 1.82) is 0 Å². The highest BCUT2D eigenvalue weighted by Gasteiger charge is 2.66. The number of rotatable bonds is 3. The fourth-order valence-electron chi connectivity index (χ4n) is 6.94. The smallest absolute Gasteiger partial charge is 0.407 e. The molecule has 0 saturated heterocycles. The second-order valence-electron chi connectivity index (χ2n) is 8.65. The lowest BCUT2D eigenvalue weighted by molar-refractivity contribution is 0.0356. The van der Waals surface area contributed by atoms with Crippen molar-refractivity contribution in [1.82, 2.24) is 5.32 Å². The maximum Gasteiger partial charge on any atom is 0.407 e. The minimum atomic E-state index is -0.210. The summed E-state index contributed by atoms with van der Waals surface area (Å²) in [7, 11) is 0. The number of amides is 1. The summed E-state index contributed by atoms with van der Waals surface area (Å²) >= 11 is 0. The van der Waals surface area contributed by atoms with Gasteiger partial charge in [0, 0.05) is 6.04 Å². The Bertz CT molecular complexity index is 624. The van der Waals surface area contributed by atoms with Crippen molar-refractivity contribution in [3.8, 4) is 0 Å². The number of benzene rings is 1.